The van der Waals surface area contributed by atoms with Gasteiger partial charge in [-0.25, -0.2) is 8.42 Å². The molecule has 6 rings (SSSR count). The minimum absolute atomic E-state index is 0.383. The van der Waals surface area contributed by atoms with Gasteiger partial charge in [-0.05, 0) is 56.6 Å². The molecule has 4 aromatic rings. The van der Waals surface area contributed by atoms with Crippen LogP contribution >= 0.6 is 0 Å². The number of likely N-dealkylation sites (N-methyl/N-ethyl adjacent to an activating group) is 1. The van der Waals surface area contributed by atoms with Crippen LogP contribution in [0.15, 0.2) is 42.6 Å². The van der Waals surface area contributed by atoms with Crippen LogP contribution < -0.4 is 24.6 Å². The van der Waals surface area contributed by atoms with Crippen LogP contribution in [0.3, 0.4) is 0 Å². The molecule has 0 spiro atoms. The van der Waals surface area contributed by atoms with Crippen LogP contribution in [-0.2, 0) is 16.4 Å². The number of benzene rings is 2. The van der Waals surface area contributed by atoms with Crippen molar-refractivity contribution in [1.29, 1.82) is 0 Å². The smallest absolute Gasteiger partial charge is 0.232 e. The molecule has 2 aromatic carbocycles. The van der Waals surface area contributed by atoms with E-state index in [1.807, 2.05) is 30.5 Å². The summed E-state index contributed by atoms with van der Waals surface area (Å²) in [7, 11) is 0.412. The van der Waals surface area contributed by atoms with Crippen LogP contribution in [0.25, 0.3) is 11.0 Å². The van der Waals surface area contributed by atoms with Crippen molar-refractivity contribution in [2.24, 2.45) is 0 Å². The first-order valence-corrected chi connectivity index (χ1v) is 15.6. The van der Waals surface area contributed by atoms with E-state index in [0.717, 1.165) is 47.5 Å². The van der Waals surface area contributed by atoms with E-state index in [9.17, 15) is 8.42 Å². The first-order chi connectivity index (χ1) is 19.6. The average molecular weight is 577 g/mol. The van der Waals surface area contributed by atoms with E-state index in [1.165, 1.54) is 10.6 Å². The number of nitrogens with one attached hydrogen (secondary N) is 3. The fourth-order valence-corrected chi connectivity index (χ4v) is 6.72. The number of methoxy groups -OCH3 is 1. The molecule has 0 radical (unpaired) electrons. The highest BCUT2D eigenvalue weighted by atomic mass is 32.2. The monoisotopic (exact) mass is 576 g/mol. The number of aromatic amines is 1. The number of rotatable bonds is 7. The van der Waals surface area contributed by atoms with Gasteiger partial charge in [0.05, 0.1) is 35.8 Å². The molecule has 0 bridgehead atoms. The fourth-order valence-electron chi connectivity index (χ4n) is 5.75. The second-order valence-corrected chi connectivity index (χ2v) is 12.8. The molecule has 11 nitrogen and oxygen atoms in total. The zero-order chi connectivity index (χ0) is 28.9. The molecule has 3 N–H and O–H groups in total. The van der Waals surface area contributed by atoms with Gasteiger partial charge in [0.1, 0.15) is 17.2 Å². The number of para-hydroxylation sites is 1. The van der Waals surface area contributed by atoms with E-state index >= 15 is 0 Å². The summed E-state index contributed by atoms with van der Waals surface area (Å²) in [5, 5.41) is 7.56. The number of aromatic nitrogens is 3. The second-order valence-electron chi connectivity index (χ2n) is 10.9. The third-order valence-electron chi connectivity index (χ3n) is 8.09. The molecule has 216 valence electrons. The number of sulfonamides is 1. The standard InChI is InChI=1S/C29H36N8O3S/c1-18-15-23(25(40-4)16-24(18)36-14-13-35(3)19(2)17-36)32-29-33-27-21(9-11-30-27)28(34-29)31-22-8-6-7-20-10-12-37(26(20)22)41(5,38)39/h6-9,11,15-16,19H,10,12-14,17H2,1-5H3,(H3,30,31,32,33,34)/t19-/m0/s1. The fraction of sp³-hybridized carbons (Fsp3) is 0.379. The predicted molar refractivity (Wildman–Crippen MR) is 165 cm³/mol. The van der Waals surface area contributed by atoms with Crippen LogP contribution in [0.1, 0.15) is 18.1 Å². The highest BCUT2D eigenvalue weighted by Crippen LogP contribution is 2.40. The number of fused-ring (bicyclic) bond motifs is 2. The Labute approximate surface area is 240 Å². The van der Waals surface area contributed by atoms with E-state index in [4.69, 9.17) is 14.7 Å². The van der Waals surface area contributed by atoms with Crippen LogP contribution in [-0.4, -0.2) is 80.9 Å². The highest BCUT2D eigenvalue weighted by molar-refractivity contribution is 7.92. The lowest BCUT2D eigenvalue weighted by molar-refractivity contribution is 0.234. The van der Waals surface area contributed by atoms with Gasteiger partial charge in [-0.3, -0.25) is 4.31 Å². The van der Waals surface area contributed by atoms with Gasteiger partial charge in [0, 0.05) is 50.2 Å². The van der Waals surface area contributed by atoms with E-state index < -0.39 is 10.0 Å². The lowest BCUT2D eigenvalue weighted by Gasteiger charge is -2.39. The average Bonchev–Trinajstić information content (AvgIpc) is 3.59. The van der Waals surface area contributed by atoms with Crippen LogP contribution in [0, 0.1) is 6.92 Å². The summed E-state index contributed by atoms with van der Waals surface area (Å²) in [5.41, 5.74) is 6.02. The number of piperazine rings is 1. The molecule has 41 heavy (non-hydrogen) atoms. The van der Waals surface area contributed by atoms with Gasteiger partial charge in [0.15, 0.2) is 0 Å². The molecule has 4 heterocycles. The topological polar surface area (TPSA) is 119 Å². The largest absolute Gasteiger partial charge is 0.494 e. The zero-order valence-electron chi connectivity index (χ0n) is 24.0. The van der Waals surface area contributed by atoms with Crippen molar-refractivity contribution in [3.8, 4) is 5.75 Å². The number of hydrogen-bond acceptors (Lipinski definition) is 9. The van der Waals surface area contributed by atoms with Crippen molar-refractivity contribution in [3.05, 3.63) is 53.7 Å². The number of anilines is 6. The first-order valence-electron chi connectivity index (χ1n) is 13.7. The molecule has 1 atom stereocenters. The highest BCUT2D eigenvalue weighted by Gasteiger charge is 2.29. The van der Waals surface area contributed by atoms with Gasteiger partial charge >= 0.3 is 0 Å². The molecule has 0 saturated carbocycles. The number of aryl methyl sites for hydroxylation is 1. The van der Waals surface area contributed by atoms with Crippen molar-refractivity contribution in [2.45, 2.75) is 26.3 Å². The lowest BCUT2D eigenvalue weighted by atomic mass is 10.1. The summed E-state index contributed by atoms with van der Waals surface area (Å²) in [6.07, 6.45) is 3.71. The van der Waals surface area contributed by atoms with Gasteiger partial charge in [-0.1, -0.05) is 12.1 Å². The maximum atomic E-state index is 12.5. The second kappa shape index (κ2) is 10.4. The van der Waals surface area contributed by atoms with Gasteiger partial charge in [-0.2, -0.15) is 9.97 Å². The van der Waals surface area contributed by atoms with Crippen LogP contribution in [0.5, 0.6) is 5.75 Å². The summed E-state index contributed by atoms with van der Waals surface area (Å²) < 4.78 is 32.3. The van der Waals surface area contributed by atoms with Crippen LogP contribution in [0.4, 0.5) is 34.5 Å². The minimum atomic E-state index is -3.42. The van der Waals surface area contributed by atoms with Gasteiger partial charge in [0.2, 0.25) is 16.0 Å². The van der Waals surface area contributed by atoms with E-state index in [-0.39, 0.29) is 0 Å². The number of ether oxygens (including phenoxy) is 1. The maximum absolute atomic E-state index is 12.5. The Kier molecular flexibility index (Phi) is 6.90. The van der Waals surface area contributed by atoms with Gasteiger partial charge in [-0.15, -0.1) is 0 Å². The van der Waals surface area contributed by atoms with E-state index in [1.54, 1.807) is 7.11 Å². The summed E-state index contributed by atoms with van der Waals surface area (Å²) in [6.45, 7) is 7.69. The summed E-state index contributed by atoms with van der Waals surface area (Å²) in [6, 6.07) is 12.3. The van der Waals surface area contributed by atoms with Crippen molar-refractivity contribution in [2.75, 3.05) is 66.4 Å². The summed E-state index contributed by atoms with van der Waals surface area (Å²) >= 11 is 0. The Hall–Kier alpha value is -4.03. The summed E-state index contributed by atoms with van der Waals surface area (Å²) in [4.78, 5) is 17.5. The van der Waals surface area contributed by atoms with Crippen molar-refractivity contribution < 1.29 is 13.2 Å². The lowest BCUT2D eigenvalue weighted by Crippen LogP contribution is -2.50. The summed E-state index contributed by atoms with van der Waals surface area (Å²) in [5.74, 6) is 1.64. The predicted octanol–water partition coefficient (Wildman–Crippen LogP) is 4.22. The molecule has 1 saturated heterocycles. The molecular weight excluding hydrogens is 540 g/mol. The number of nitrogens with zero attached hydrogens (tertiary/aromatic N) is 5. The number of hydrogen-bond donors (Lipinski definition) is 3. The number of H-pyrrole nitrogens is 1. The molecule has 1 fully saturated rings. The molecule has 12 heteroatoms. The Balaban J connectivity index is 1.34. The van der Waals surface area contributed by atoms with Crippen molar-refractivity contribution in [3.63, 3.8) is 0 Å². The molecule has 2 aliphatic rings. The van der Waals surface area contributed by atoms with E-state index in [0.29, 0.717) is 53.5 Å². The van der Waals surface area contributed by atoms with E-state index in [2.05, 4.69) is 58.4 Å². The zero-order valence-corrected chi connectivity index (χ0v) is 24.8. The first kappa shape index (κ1) is 27.2. The van der Waals surface area contributed by atoms with Crippen molar-refractivity contribution >= 4 is 55.6 Å². The normalized spacial score (nSPS) is 17.6. The molecule has 0 aliphatic carbocycles. The molecule has 0 unspecified atom stereocenters. The third-order valence-corrected chi connectivity index (χ3v) is 9.25. The molecule has 2 aromatic heterocycles. The van der Waals surface area contributed by atoms with Gasteiger partial charge in [0.25, 0.3) is 0 Å². The Bertz CT molecular complexity index is 1720. The molecular formula is C29H36N8O3S. The van der Waals surface area contributed by atoms with Gasteiger partial charge < -0.3 is 30.2 Å². The molecule has 2 aliphatic heterocycles. The van der Waals surface area contributed by atoms with Crippen molar-refractivity contribution in [1.82, 2.24) is 19.9 Å². The Morgan fingerprint density at radius 1 is 1.07 bits per heavy atom. The van der Waals surface area contributed by atoms with Crippen LogP contribution in [0.2, 0.25) is 0 Å². The third kappa shape index (κ3) is 5.13. The Morgan fingerprint density at radius 2 is 1.90 bits per heavy atom. The molecule has 0 amide bonds. The Morgan fingerprint density at radius 3 is 2.66 bits per heavy atom. The SMILES string of the molecule is COc1cc(N2CCN(C)[C@@H](C)C2)c(C)cc1Nc1nc(Nc2cccc3c2N(S(C)(=O)=O)CC3)c2cc[nH]c2n1. The quantitative estimate of drug-likeness (QED) is 0.297. The minimum Gasteiger partial charge on any atom is -0.494 e. The maximum Gasteiger partial charge on any atom is 0.232 e.